The minimum Gasteiger partial charge on any atom is -0.388 e. The van der Waals surface area contributed by atoms with Crippen molar-refractivity contribution in [2.45, 2.75) is 37.0 Å². The molecule has 3 nitrogen and oxygen atoms in total. The second-order valence-electron chi connectivity index (χ2n) is 5.10. The first kappa shape index (κ1) is 15.9. The van der Waals surface area contributed by atoms with Crippen LogP contribution in [0.1, 0.15) is 37.4 Å². The van der Waals surface area contributed by atoms with Gasteiger partial charge in [-0.15, -0.1) is 11.3 Å². The molecule has 19 heavy (non-hydrogen) atoms. The van der Waals surface area contributed by atoms with Gasteiger partial charge in [-0.2, -0.15) is 0 Å². The van der Waals surface area contributed by atoms with Crippen LogP contribution < -0.4 is 0 Å². The molecule has 0 saturated heterocycles. The van der Waals surface area contributed by atoms with Crippen LogP contribution in [0.3, 0.4) is 0 Å². The summed E-state index contributed by atoms with van der Waals surface area (Å²) in [5.74, 6) is 0.0197. The molecule has 1 fully saturated rings. The Morgan fingerprint density at radius 1 is 1.42 bits per heavy atom. The molecule has 1 aliphatic rings. The molecule has 0 aromatic carbocycles. The zero-order valence-electron chi connectivity index (χ0n) is 10.5. The van der Waals surface area contributed by atoms with Gasteiger partial charge in [-0.05, 0) is 63.1 Å². The minimum atomic E-state index is -3.01. The second-order valence-corrected chi connectivity index (χ2v) is 11.2. The van der Waals surface area contributed by atoms with Crippen molar-refractivity contribution in [3.05, 3.63) is 19.2 Å². The Hall–Kier alpha value is 0.570. The Kier molecular flexibility index (Phi) is 5.15. The maximum atomic E-state index is 11.7. The molecular formula is C12H16Br2O3S2. The highest BCUT2D eigenvalue weighted by Gasteiger charge is 2.34. The minimum absolute atomic E-state index is 0.0197. The van der Waals surface area contributed by atoms with E-state index in [1.54, 1.807) is 0 Å². The van der Waals surface area contributed by atoms with E-state index in [0.29, 0.717) is 6.42 Å². The number of aliphatic hydroxyl groups excluding tert-OH is 1. The van der Waals surface area contributed by atoms with Crippen molar-refractivity contribution in [2.24, 2.45) is 5.92 Å². The summed E-state index contributed by atoms with van der Waals surface area (Å²) in [5, 5.41) is 10.2. The SMILES string of the molecule is CS(=O)(=O)C1CCCC(C(O)c2cc(Br)sc2Br)C1. The molecule has 1 aliphatic carbocycles. The molecule has 1 saturated carbocycles. The van der Waals surface area contributed by atoms with E-state index in [1.807, 2.05) is 6.07 Å². The molecule has 7 heteroatoms. The fourth-order valence-electron chi connectivity index (χ4n) is 2.67. The molecule has 0 spiro atoms. The maximum absolute atomic E-state index is 11.7. The largest absolute Gasteiger partial charge is 0.388 e. The van der Waals surface area contributed by atoms with Gasteiger partial charge in [-0.1, -0.05) is 6.42 Å². The number of hydrogen-bond donors (Lipinski definition) is 1. The summed E-state index contributed by atoms with van der Waals surface area (Å²) < 4.78 is 25.2. The highest BCUT2D eigenvalue weighted by molar-refractivity contribution is 9.12. The number of hydrogen-bond acceptors (Lipinski definition) is 4. The van der Waals surface area contributed by atoms with Crippen molar-refractivity contribution in [1.29, 1.82) is 0 Å². The zero-order valence-corrected chi connectivity index (χ0v) is 15.3. The summed E-state index contributed by atoms with van der Waals surface area (Å²) in [6, 6.07) is 1.91. The molecule has 1 aromatic heterocycles. The van der Waals surface area contributed by atoms with Crippen LogP contribution >= 0.6 is 43.2 Å². The number of sulfone groups is 1. The van der Waals surface area contributed by atoms with Crippen LogP contribution in [0.25, 0.3) is 0 Å². The number of aliphatic hydroxyl groups is 1. The first-order valence-electron chi connectivity index (χ1n) is 6.10. The van der Waals surface area contributed by atoms with Crippen LogP contribution in [0.15, 0.2) is 13.6 Å². The molecule has 108 valence electrons. The molecule has 1 heterocycles. The molecule has 3 unspecified atom stereocenters. The molecule has 0 radical (unpaired) electrons. The standard InChI is InChI=1S/C12H16Br2O3S2/c1-19(16,17)8-4-2-3-7(5-8)11(15)9-6-10(13)18-12(9)14/h6-8,11,15H,2-5H2,1H3. The Morgan fingerprint density at radius 3 is 2.63 bits per heavy atom. The van der Waals surface area contributed by atoms with Gasteiger partial charge >= 0.3 is 0 Å². The average Bonchev–Trinajstić information content (AvgIpc) is 2.66. The third-order valence-electron chi connectivity index (χ3n) is 3.72. The lowest BCUT2D eigenvalue weighted by molar-refractivity contribution is 0.0855. The third-order valence-corrected chi connectivity index (χ3v) is 7.75. The van der Waals surface area contributed by atoms with Gasteiger partial charge in [-0.3, -0.25) is 0 Å². The van der Waals surface area contributed by atoms with E-state index in [4.69, 9.17) is 0 Å². The van der Waals surface area contributed by atoms with Crippen molar-refractivity contribution < 1.29 is 13.5 Å². The Balaban J connectivity index is 2.15. The summed E-state index contributed by atoms with van der Waals surface area (Å²) >= 11 is 8.37. The van der Waals surface area contributed by atoms with E-state index in [1.165, 1.54) is 17.6 Å². The van der Waals surface area contributed by atoms with E-state index < -0.39 is 15.9 Å². The van der Waals surface area contributed by atoms with Crippen molar-refractivity contribution >= 4 is 53.0 Å². The Bertz CT molecular complexity index is 553. The smallest absolute Gasteiger partial charge is 0.150 e. The normalized spacial score (nSPS) is 26.3. The molecule has 0 aliphatic heterocycles. The van der Waals surface area contributed by atoms with E-state index in [9.17, 15) is 13.5 Å². The molecule has 3 atom stereocenters. The number of rotatable bonds is 3. The Labute approximate surface area is 134 Å². The highest BCUT2D eigenvalue weighted by atomic mass is 79.9. The van der Waals surface area contributed by atoms with Gasteiger partial charge in [-0.25, -0.2) is 8.42 Å². The van der Waals surface area contributed by atoms with Crippen LogP contribution in [-0.4, -0.2) is 25.0 Å². The third kappa shape index (κ3) is 3.81. The quantitative estimate of drug-likeness (QED) is 0.789. The van der Waals surface area contributed by atoms with Gasteiger partial charge < -0.3 is 5.11 Å². The molecule has 1 N–H and O–H groups in total. The molecule has 0 bridgehead atoms. The van der Waals surface area contributed by atoms with Gasteiger partial charge in [0.05, 0.1) is 18.9 Å². The van der Waals surface area contributed by atoms with Crippen molar-refractivity contribution in [3.8, 4) is 0 Å². The maximum Gasteiger partial charge on any atom is 0.150 e. The first-order valence-corrected chi connectivity index (χ1v) is 10.5. The first-order chi connectivity index (χ1) is 8.79. The lowest BCUT2D eigenvalue weighted by atomic mass is 9.83. The highest BCUT2D eigenvalue weighted by Crippen LogP contribution is 2.42. The Morgan fingerprint density at radius 2 is 2.11 bits per heavy atom. The molecule has 2 rings (SSSR count). The van der Waals surface area contributed by atoms with Crippen molar-refractivity contribution in [3.63, 3.8) is 0 Å². The van der Waals surface area contributed by atoms with Crippen LogP contribution in [0, 0.1) is 5.92 Å². The average molecular weight is 432 g/mol. The number of halogens is 2. The molecule has 0 amide bonds. The van der Waals surface area contributed by atoms with Gasteiger partial charge in [0.25, 0.3) is 0 Å². The van der Waals surface area contributed by atoms with Crippen molar-refractivity contribution in [2.75, 3.05) is 6.26 Å². The lowest BCUT2D eigenvalue weighted by Gasteiger charge is -2.31. The summed E-state index contributed by atoms with van der Waals surface area (Å²) in [6.45, 7) is 0. The van der Waals surface area contributed by atoms with Crippen LogP contribution in [0.2, 0.25) is 0 Å². The topological polar surface area (TPSA) is 54.4 Å². The fourth-order valence-corrected chi connectivity index (χ4v) is 6.77. The fraction of sp³-hybridized carbons (Fsp3) is 0.667. The van der Waals surface area contributed by atoms with Gasteiger partial charge in [0, 0.05) is 11.8 Å². The van der Waals surface area contributed by atoms with Gasteiger partial charge in [0.1, 0.15) is 9.84 Å². The van der Waals surface area contributed by atoms with Gasteiger partial charge in [0.2, 0.25) is 0 Å². The van der Waals surface area contributed by atoms with Crippen LogP contribution in [0.5, 0.6) is 0 Å². The monoisotopic (exact) mass is 430 g/mol. The molecular weight excluding hydrogens is 416 g/mol. The van der Waals surface area contributed by atoms with Crippen molar-refractivity contribution in [1.82, 2.24) is 0 Å². The predicted molar refractivity (Wildman–Crippen MR) is 85.3 cm³/mol. The summed E-state index contributed by atoms with van der Waals surface area (Å²) in [5.41, 5.74) is 0.857. The zero-order chi connectivity index (χ0) is 14.2. The summed E-state index contributed by atoms with van der Waals surface area (Å²) in [4.78, 5) is 0. The van der Waals surface area contributed by atoms with Crippen LogP contribution in [0.4, 0.5) is 0 Å². The van der Waals surface area contributed by atoms with E-state index in [0.717, 1.165) is 32.4 Å². The lowest BCUT2D eigenvalue weighted by Crippen LogP contribution is -2.30. The van der Waals surface area contributed by atoms with E-state index in [2.05, 4.69) is 31.9 Å². The van der Waals surface area contributed by atoms with Gasteiger partial charge in [0.15, 0.2) is 0 Å². The van der Waals surface area contributed by atoms with Crippen LogP contribution in [-0.2, 0) is 9.84 Å². The van der Waals surface area contributed by atoms with E-state index >= 15 is 0 Å². The molecule has 1 aromatic rings. The summed E-state index contributed by atoms with van der Waals surface area (Å²) in [6.07, 6.45) is 3.72. The predicted octanol–water partition coefficient (Wildman–Crippen LogP) is 3.91. The second kappa shape index (κ2) is 6.13. The number of thiophene rings is 1. The summed E-state index contributed by atoms with van der Waals surface area (Å²) in [7, 11) is -3.01. The van der Waals surface area contributed by atoms with E-state index in [-0.39, 0.29) is 11.2 Å².